The molecule has 1 heterocycles. The predicted molar refractivity (Wildman–Crippen MR) is 63.7 cm³/mol. The highest BCUT2D eigenvalue weighted by molar-refractivity contribution is 5.83. The second kappa shape index (κ2) is 7.41. The van der Waals surface area contributed by atoms with Crippen LogP contribution in [0.4, 0.5) is 0 Å². The van der Waals surface area contributed by atoms with Crippen LogP contribution in [-0.4, -0.2) is 37.8 Å². The van der Waals surface area contributed by atoms with Crippen molar-refractivity contribution in [1.29, 1.82) is 0 Å². The Morgan fingerprint density at radius 1 is 1.50 bits per heavy atom. The number of nitrogens with zero attached hydrogens (tertiary/aromatic N) is 3. The number of aliphatic carboxylic acids is 1. The van der Waals surface area contributed by atoms with Gasteiger partial charge in [-0.25, -0.2) is 9.78 Å². The first-order chi connectivity index (χ1) is 8.63. The van der Waals surface area contributed by atoms with Crippen molar-refractivity contribution in [2.75, 3.05) is 0 Å². The van der Waals surface area contributed by atoms with E-state index in [0.717, 1.165) is 12.8 Å². The molecule has 1 aromatic heterocycles. The summed E-state index contributed by atoms with van der Waals surface area (Å²) in [4.78, 5) is 26.3. The van der Waals surface area contributed by atoms with Crippen molar-refractivity contribution >= 4 is 11.9 Å². The summed E-state index contributed by atoms with van der Waals surface area (Å²) in [5.74, 6) is -1.27. The molecule has 0 spiro atoms. The van der Waals surface area contributed by atoms with Gasteiger partial charge in [-0.1, -0.05) is 19.8 Å². The molecule has 1 amide bonds. The van der Waals surface area contributed by atoms with E-state index in [-0.39, 0.29) is 12.3 Å². The topological polar surface area (TPSA) is 97.1 Å². The van der Waals surface area contributed by atoms with Crippen LogP contribution in [0.5, 0.6) is 0 Å². The SMILES string of the molecule is CCCC[C@H](NC(=O)CCn1cncn1)C(=O)O. The molecular weight excluding hydrogens is 236 g/mol. The number of rotatable bonds is 8. The van der Waals surface area contributed by atoms with Gasteiger partial charge in [-0.2, -0.15) is 5.10 Å². The highest BCUT2D eigenvalue weighted by Crippen LogP contribution is 2.01. The lowest BCUT2D eigenvalue weighted by atomic mass is 10.1. The minimum Gasteiger partial charge on any atom is -0.480 e. The molecule has 18 heavy (non-hydrogen) atoms. The molecule has 1 atom stereocenters. The lowest BCUT2D eigenvalue weighted by Crippen LogP contribution is -2.41. The van der Waals surface area contributed by atoms with Gasteiger partial charge in [-0.15, -0.1) is 0 Å². The van der Waals surface area contributed by atoms with Crippen molar-refractivity contribution in [3.8, 4) is 0 Å². The minimum absolute atomic E-state index is 0.194. The molecule has 0 radical (unpaired) electrons. The lowest BCUT2D eigenvalue weighted by molar-refractivity contribution is -0.142. The quantitative estimate of drug-likeness (QED) is 0.701. The van der Waals surface area contributed by atoms with Crippen molar-refractivity contribution in [3.05, 3.63) is 12.7 Å². The molecule has 0 unspecified atom stereocenters. The minimum atomic E-state index is -0.988. The Bertz CT molecular complexity index is 378. The standard InChI is InChI=1S/C11H18N4O3/c1-2-3-4-9(11(17)18)14-10(16)5-6-15-8-12-7-13-15/h7-9H,2-6H2,1H3,(H,14,16)(H,17,18)/t9-/m0/s1. The normalized spacial score (nSPS) is 12.1. The van der Waals surface area contributed by atoms with E-state index in [9.17, 15) is 9.59 Å². The van der Waals surface area contributed by atoms with Crippen LogP contribution in [-0.2, 0) is 16.1 Å². The van der Waals surface area contributed by atoms with Gasteiger partial charge in [-0.05, 0) is 6.42 Å². The van der Waals surface area contributed by atoms with E-state index in [1.807, 2.05) is 6.92 Å². The average Bonchev–Trinajstić information content (AvgIpc) is 2.84. The summed E-state index contributed by atoms with van der Waals surface area (Å²) in [6.07, 6.45) is 5.23. The maximum Gasteiger partial charge on any atom is 0.326 e. The summed E-state index contributed by atoms with van der Waals surface area (Å²) >= 11 is 0. The molecule has 0 aromatic carbocycles. The first-order valence-electron chi connectivity index (χ1n) is 5.98. The number of hydrogen-bond acceptors (Lipinski definition) is 4. The number of carbonyl (C=O) groups is 2. The van der Waals surface area contributed by atoms with Crippen LogP contribution < -0.4 is 5.32 Å². The van der Waals surface area contributed by atoms with Gasteiger partial charge in [0.2, 0.25) is 5.91 Å². The van der Waals surface area contributed by atoms with Gasteiger partial charge >= 0.3 is 5.97 Å². The van der Waals surface area contributed by atoms with E-state index in [2.05, 4.69) is 15.4 Å². The van der Waals surface area contributed by atoms with Crippen molar-refractivity contribution in [3.63, 3.8) is 0 Å². The van der Waals surface area contributed by atoms with Crippen LogP contribution in [0.1, 0.15) is 32.6 Å². The van der Waals surface area contributed by atoms with Crippen LogP contribution in [0.2, 0.25) is 0 Å². The summed E-state index contributed by atoms with van der Waals surface area (Å²) in [5.41, 5.74) is 0. The fourth-order valence-corrected chi connectivity index (χ4v) is 1.50. The molecule has 2 N–H and O–H groups in total. The zero-order valence-corrected chi connectivity index (χ0v) is 10.4. The maximum absolute atomic E-state index is 11.6. The van der Waals surface area contributed by atoms with E-state index < -0.39 is 12.0 Å². The fraction of sp³-hybridized carbons (Fsp3) is 0.636. The number of unbranched alkanes of at least 4 members (excludes halogenated alkanes) is 1. The first kappa shape index (κ1) is 14.1. The summed E-state index contributed by atoms with van der Waals surface area (Å²) < 4.78 is 1.53. The molecule has 7 heteroatoms. The lowest BCUT2D eigenvalue weighted by Gasteiger charge is -2.13. The molecular formula is C11H18N4O3. The van der Waals surface area contributed by atoms with Gasteiger partial charge in [0.05, 0.1) is 6.54 Å². The molecule has 100 valence electrons. The average molecular weight is 254 g/mol. The summed E-state index contributed by atoms with van der Waals surface area (Å²) in [5, 5.41) is 15.3. The third-order valence-corrected chi connectivity index (χ3v) is 2.51. The Kier molecular flexibility index (Phi) is 5.83. The van der Waals surface area contributed by atoms with Gasteiger partial charge in [0.1, 0.15) is 18.7 Å². The van der Waals surface area contributed by atoms with E-state index in [1.165, 1.54) is 17.3 Å². The second-order valence-electron chi connectivity index (χ2n) is 4.01. The maximum atomic E-state index is 11.6. The largest absolute Gasteiger partial charge is 0.480 e. The molecule has 1 rings (SSSR count). The molecule has 1 aromatic rings. The monoisotopic (exact) mass is 254 g/mol. The molecule has 0 aliphatic carbocycles. The van der Waals surface area contributed by atoms with Crippen LogP contribution >= 0.6 is 0 Å². The number of carbonyl (C=O) groups excluding carboxylic acids is 1. The van der Waals surface area contributed by atoms with E-state index in [4.69, 9.17) is 5.11 Å². The number of nitrogens with one attached hydrogen (secondary N) is 1. The Balaban J connectivity index is 2.34. The molecule has 0 fully saturated rings. The van der Waals surface area contributed by atoms with Gasteiger partial charge in [0.25, 0.3) is 0 Å². The van der Waals surface area contributed by atoms with Crippen LogP contribution in [0.3, 0.4) is 0 Å². The number of aromatic nitrogens is 3. The molecule has 0 saturated carbocycles. The second-order valence-corrected chi connectivity index (χ2v) is 4.01. The smallest absolute Gasteiger partial charge is 0.326 e. The number of carboxylic acid groups (broad SMARTS) is 1. The third-order valence-electron chi connectivity index (χ3n) is 2.51. The van der Waals surface area contributed by atoms with Crippen molar-refractivity contribution in [2.45, 2.75) is 45.2 Å². The van der Waals surface area contributed by atoms with E-state index >= 15 is 0 Å². The predicted octanol–water partition coefficient (Wildman–Crippen LogP) is 0.428. The Hall–Kier alpha value is -1.92. The highest BCUT2D eigenvalue weighted by atomic mass is 16.4. The number of carboxylic acids is 1. The van der Waals surface area contributed by atoms with Gasteiger partial charge in [-0.3, -0.25) is 9.48 Å². The molecule has 0 aliphatic heterocycles. The highest BCUT2D eigenvalue weighted by Gasteiger charge is 2.18. The van der Waals surface area contributed by atoms with Crippen LogP contribution in [0, 0.1) is 0 Å². The van der Waals surface area contributed by atoms with Crippen molar-refractivity contribution in [2.24, 2.45) is 0 Å². The summed E-state index contributed by atoms with van der Waals surface area (Å²) in [7, 11) is 0. The molecule has 0 saturated heterocycles. The molecule has 7 nitrogen and oxygen atoms in total. The van der Waals surface area contributed by atoms with Gasteiger partial charge < -0.3 is 10.4 Å². The number of hydrogen-bond donors (Lipinski definition) is 2. The first-order valence-corrected chi connectivity index (χ1v) is 5.98. The zero-order valence-electron chi connectivity index (χ0n) is 10.4. The van der Waals surface area contributed by atoms with Crippen molar-refractivity contribution in [1.82, 2.24) is 20.1 Å². The van der Waals surface area contributed by atoms with E-state index in [1.54, 1.807) is 0 Å². The van der Waals surface area contributed by atoms with Crippen molar-refractivity contribution < 1.29 is 14.7 Å². The Morgan fingerprint density at radius 3 is 2.83 bits per heavy atom. The zero-order chi connectivity index (χ0) is 13.4. The molecule has 0 bridgehead atoms. The summed E-state index contributed by atoms with van der Waals surface area (Å²) in [6.45, 7) is 2.37. The van der Waals surface area contributed by atoms with Crippen LogP contribution in [0.15, 0.2) is 12.7 Å². The van der Waals surface area contributed by atoms with E-state index in [0.29, 0.717) is 13.0 Å². The Morgan fingerprint density at radius 2 is 2.28 bits per heavy atom. The van der Waals surface area contributed by atoms with Gasteiger partial charge in [0.15, 0.2) is 0 Å². The third kappa shape index (κ3) is 4.94. The van der Waals surface area contributed by atoms with Gasteiger partial charge in [0, 0.05) is 6.42 Å². The Labute approximate surface area is 105 Å². The van der Waals surface area contributed by atoms with Crippen LogP contribution in [0.25, 0.3) is 0 Å². The number of amides is 1. The fourth-order valence-electron chi connectivity index (χ4n) is 1.50. The summed E-state index contributed by atoms with van der Waals surface area (Å²) in [6, 6.07) is -0.798. The number of aryl methyl sites for hydroxylation is 1. The molecule has 0 aliphatic rings.